The number of aromatic nitrogens is 4. The number of carbonyl (C=O) groups is 2. The van der Waals surface area contributed by atoms with Gasteiger partial charge in [0.2, 0.25) is 11.1 Å². The average molecular weight is 331 g/mol. The van der Waals surface area contributed by atoms with Crippen molar-refractivity contribution >= 4 is 35.4 Å². The second kappa shape index (κ2) is 7.64. The fourth-order valence-electron chi connectivity index (χ4n) is 1.69. The van der Waals surface area contributed by atoms with E-state index < -0.39 is 12.0 Å². The van der Waals surface area contributed by atoms with E-state index in [9.17, 15) is 9.59 Å². The Balaban J connectivity index is 1.80. The number of amides is 1. The molecule has 0 saturated heterocycles. The first-order valence-electron chi connectivity index (χ1n) is 6.53. The Hall–Kier alpha value is -1.29. The molecule has 1 aromatic heterocycles. The minimum atomic E-state index is -1.01. The molecule has 1 aliphatic carbocycles. The Morgan fingerprint density at radius 3 is 2.90 bits per heavy atom. The maximum atomic E-state index is 11.8. The maximum absolute atomic E-state index is 11.8. The smallest absolute Gasteiger partial charge is 0.326 e. The van der Waals surface area contributed by atoms with Crippen LogP contribution in [0.5, 0.6) is 0 Å². The highest BCUT2D eigenvalue weighted by Crippen LogP contribution is 2.36. The summed E-state index contributed by atoms with van der Waals surface area (Å²) in [5.41, 5.74) is 0. The molecule has 1 heterocycles. The first kappa shape index (κ1) is 16.1. The van der Waals surface area contributed by atoms with Crippen LogP contribution in [0.1, 0.15) is 25.3 Å². The molecule has 21 heavy (non-hydrogen) atoms. The lowest BCUT2D eigenvalue weighted by molar-refractivity contribution is -0.141. The normalized spacial score (nSPS) is 15.7. The number of hydrogen-bond acceptors (Lipinski definition) is 7. The van der Waals surface area contributed by atoms with Crippen LogP contribution in [0.15, 0.2) is 5.16 Å². The van der Waals surface area contributed by atoms with E-state index in [1.807, 2.05) is 6.26 Å². The Labute approximate surface area is 130 Å². The molecular formula is C11H17N5O3S2. The number of hydrogen-bond donors (Lipinski definition) is 2. The lowest BCUT2D eigenvalue weighted by atomic mass is 10.2. The molecule has 2 rings (SSSR count). The Kier molecular flexibility index (Phi) is 5.85. The molecule has 0 bridgehead atoms. The molecule has 8 nitrogen and oxygen atoms in total. The zero-order valence-corrected chi connectivity index (χ0v) is 13.2. The summed E-state index contributed by atoms with van der Waals surface area (Å²) in [4.78, 5) is 22.9. The molecule has 1 aromatic rings. The molecular weight excluding hydrogens is 314 g/mol. The maximum Gasteiger partial charge on any atom is 0.326 e. The van der Waals surface area contributed by atoms with E-state index in [1.165, 1.54) is 11.8 Å². The zero-order valence-electron chi connectivity index (χ0n) is 11.6. The van der Waals surface area contributed by atoms with Gasteiger partial charge in [0.05, 0.1) is 11.8 Å². The number of thioether (sulfide) groups is 2. The van der Waals surface area contributed by atoms with Crippen LogP contribution < -0.4 is 5.32 Å². The van der Waals surface area contributed by atoms with Crippen molar-refractivity contribution in [1.29, 1.82) is 0 Å². The predicted octanol–water partition coefficient (Wildman–Crippen LogP) is 0.423. The van der Waals surface area contributed by atoms with Gasteiger partial charge in [-0.3, -0.25) is 4.79 Å². The zero-order chi connectivity index (χ0) is 15.2. The van der Waals surface area contributed by atoms with Crippen molar-refractivity contribution < 1.29 is 14.7 Å². The van der Waals surface area contributed by atoms with Crippen molar-refractivity contribution in [2.75, 3.05) is 17.8 Å². The quantitative estimate of drug-likeness (QED) is 0.627. The van der Waals surface area contributed by atoms with Crippen LogP contribution in [0.3, 0.4) is 0 Å². The molecule has 10 heteroatoms. The summed E-state index contributed by atoms with van der Waals surface area (Å²) >= 11 is 2.77. The van der Waals surface area contributed by atoms with Gasteiger partial charge in [-0.2, -0.15) is 11.8 Å². The lowest BCUT2D eigenvalue weighted by Crippen LogP contribution is -2.42. The molecule has 1 amide bonds. The van der Waals surface area contributed by atoms with Gasteiger partial charge in [-0.25, -0.2) is 9.48 Å². The summed E-state index contributed by atoms with van der Waals surface area (Å²) < 4.78 is 1.72. The minimum Gasteiger partial charge on any atom is -0.480 e. The number of carboxylic acids is 1. The highest BCUT2D eigenvalue weighted by Gasteiger charge is 2.28. The largest absolute Gasteiger partial charge is 0.480 e. The van der Waals surface area contributed by atoms with Crippen LogP contribution in [0.2, 0.25) is 0 Å². The van der Waals surface area contributed by atoms with E-state index in [0.29, 0.717) is 23.4 Å². The van der Waals surface area contributed by atoms with Crippen molar-refractivity contribution in [3.05, 3.63) is 0 Å². The fourth-order valence-corrected chi connectivity index (χ4v) is 2.91. The van der Waals surface area contributed by atoms with Crippen LogP contribution in [-0.4, -0.2) is 61.0 Å². The number of tetrazole rings is 1. The second-order valence-electron chi connectivity index (χ2n) is 4.67. The van der Waals surface area contributed by atoms with Gasteiger partial charge in [-0.15, -0.1) is 5.10 Å². The van der Waals surface area contributed by atoms with E-state index in [0.717, 1.165) is 12.8 Å². The summed E-state index contributed by atoms with van der Waals surface area (Å²) in [5, 5.41) is 23.6. The topological polar surface area (TPSA) is 110 Å². The number of carboxylic acid groups (broad SMARTS) is 1. The lowest BCUT2D eigenvalue weighted by Gasteiger charge is -2.13. The molecule has 0 unspecified atom stereocenters. The van der Waals surface area contributed by atoms with Gasteiger partial charge >= 0.3 is 5.97 Å². The first-order valence-corrected chi connectivity index (χ1v) is 8.91. The number of rotatable bonds is 9. The van der Waals surface area contributed by atoms with Crippen molar-refractivity contribution in [2.45, 2.75) is 36.5 Å². The second-order valence-corrected chi connectivity index (χ2v) is 6.59. The molecule has 1 fully saturated rings. The summed E-state index contributed by atoms with van der Waals surface area (Å²) in [6.07, 6.45) is 4.42. The summed E-state index contributed by atoms with van der Waals surface area (Å²) in [7, 11) is 0. The summed E-state index contributed by atoms with van der Waals surface area (Å²) in [5.74, 6) is -0.537. The van der Waals surface area contributed by atoms with Crippen molar-refractivity contribution in [3.63, 3.8) is 0 Å². The summed E-state index contributed by atoms with van der Waals surface area (Å²) in [6.45, 7) is 0. The van der Waals surface area contributed by atoms with Gasteiger partial charge in [0, 0.05) is 0 Å². The molecule has 0 spiro atoms. The van der Waals surface area contributed by atoms with Crippen LogP contribution >= 0.6 is 23.5 Å². The standard InChI is InChI=1S/C11H17N5O3S2/c1-20-5-4-8(10(18)19)12-9(17)6-21-11-13-14-15-16(11)7-2-3-7/h7-8H,2-6H2,1H3,(H,12,17)(H,18,19)/t8-/m0/s1. The third-order valence-corrected chi connectivity index (χ3v) is 4.51. The predicted molar refractivity (Wildman–Crippen MR) is 79.4 cm³/mol. The molecule has 1 atom stereocenters. The Morgan fingerprint density at radius 2 is 2.29 bits per heavy atom. The van der Waals surface area contributed by atoms with Gasteiger partial charge in [0.25, 0.3) is 0 Å². The van der Waals surface area contributed by atoms with Gasteiger partial charge in [0.1, 0.15) is 6.04 Å². The van der Waals surface area contributed by atoms with Crippen molar-refractivity contribution in [1.82, 2.24) is 25.5 Å². The minimum absolute atomic E-state index is 0.107. The van der Waals surface area contributed by atoms with E-state index in [4.69, 9.17) is 5.11 Å². The van der Waals surface area contributed by atoms with Crippen LogP contribution in [0, 0.1) is 0 Å². The number of aliphatic carboxylic acids is 1. The molecule has 0 radical (unpaired) electrons. The molecule has 0 aromatic carbocycles. The number of nitrogens with one attached hydrogen (secondary N) is 1. The molecule has 0 aliphatic heterocycles. The number of nitrogens with zero attached hydrogens (tertiary/aromatic N) is 4. The van der Waals surface area contributed by atoms with E-state index in [-0.39, 0.29) is 11.7 Å². The third-order valence-electron chi connectivity index (χ3n) is 2.93. The van der Waals surface area contributed by atoms with Gasteiger partial charge < -0.3 is 10.4 Å². The fraction of sp³-hybridized carbons (Fsp3) is 0.727. The van der Waals surface area contributed by atoms with Crippen LogP contribution in [0.4, 0.5) is 0 Å². The molecule has 1 saturated carbocycles. The molecule has 1 aliphatic rings. The number of carbonyl (C=O) groups excluding carboxylic acids is 1. The first-order chi connectivity index (χ1) is 10.1. The van der Waals surface area contributed by atoms with Gasteiger partial charge in [-0.1, -0.05) is 11.8 Å². The Bertz CT molecular complexity index is 506. The average Bonchev–Trinajstić information content (AvgIpc) is 3.19. The molecule has 2 N–H and O–H groups in total. The highest BCUT2D eigenvalue weighted by molar-refractivity contribution is 7.99. The van der Waals surface area contributed by atoms with Crippen molar-refractivity contribution in [3.8, 4) is 0 Å². The highest BCUT2D eigenvalue weighted by atomic mass is 32.2. The van der Waals surface area contributed by atoms with E-state index in [2.05, 4.69) is 20.8 Å². The monoisotopic (exact) mass is 331 g/mol. The van der Waals surface area contributed by atoms with Gasteiger partial charge in [-0.05, 0) is 41.7 Å². The van der Waals surface area contributed by atoms with E-state index >= 15 is 0 Å². The SMILES string of the molecule is CSCC[C@H](NC(=O)CSc1nnnn1C1CC1)C(=O)O. The van der Waals surface area contributed by atoms with Crippen molar-refractivity contribution in [2.24, 2.45) is 0 Å². The van der Waals surface area contributed by atoms with Crippen LogP contribution in [-0.2, 0) is 9.59 Å². The van der Waals surface area contributed by atoms with Crippen LogP contribution in [0.25, 0.3) is 0 Å². The summed E-state index contributed by atoms with van der Waals surface area (Å²) in [6, 6.07) is -0.496. The van der Waals surface area contributed by atoms with E-state index in [1.54, 1.807) is 16.4 Å². The molecule has 116 valence electrons. The Morgan fingerprint density at radius 1 is 1.52 bits per heavy atom. The van der Waals surface area contributed by atoms with Gasteiger partial charge in [0.15, 0.2) is 0 Å². The third kappa shape index (κ3) is 4.88.